The van der Waals surface area contributed by atoms with Crippen molar-refractivity contribution < 1.29 is 4.79 Å². The van der Waals surface area contributed by atoms with Gasteiger partial charge in [-0.05, 0) is 25.1 Å². The molecule has 0 unspecified atom stereocenters. The maximum absolute atomic E-state index is 12.2. The molecule has 1 amide bonds. The van der Waals surface area contributed by atoms with Crippen LogP contribution in [0.15, 0.2) is 40.5 Å². The Bertz CT molecular complexity index is 959. The number of hydrogen-bond acceptors (Lipinski definition) is 5. The fourth-order valence-electron chi connectivity index (χ4n) is 2.40. The van der Waals surface area contributed by atoms with Crippen molar-refractivity contribution in [2.24, 2.45) is 0 Å². The van der Waals surface area contributed by atoms with Crippen molar-refractivity contribution in [3.8, 4) is 0 Å². The number of aromatic nitrogens is 2. The summed E-state index contributed by atoms with van der Waals surface area (Å²) in [6, 6.07) is 8.82. The van der Waals surface area contributed by atoms with Crippen LogP contribution < -0.4 is 10.9 Å². The average Bonchev–Trinajstić information content (AvgIpc) is 2.94. The molecule has 0 atom stereocenters. The van der Waals surface area contributed by atoms with Gasteiger partial charge in [0.1, 0.15) is 0 Å². The first-order chi connectivity index (χ1) is 11.5. The summed E-state index contributed by atoms with van der Waals surface area (Å²) >= 11 is 1.45. The van der Waals surface area contributed by atoms with Crippen molar-refractivity contribution in [3.63, 3.8) is 0 Å². The van der Waals surface area contributed by atoms with Gasteiger partial charge >= 0.3 is 0 Å². The smallest absolute Gasteiger partial charge is 0.259 e. The molecule has 0 spiro atoms. The molecular weight excluding hydrogens is 324 g/mol. The predicted molar refractivity (Wildman–Crippen MR) is 95.9 cm³/mol. The summed E-state index contributed by atoms with van der Waals surface area (Å²) in [4.78, 5) is 30.9. The number of hydrogen-bond donors (Lipinski definition) is 1. The Hall–Kier alpha value is -2.67. The van der Waals surface area contributed by atoms with E-state index in [1.165, 1.54) is 22.3 Å². The Labute approximate surface area is 143 Å². The van der Waals surface area contributed by atoms with Gasteiger partial charge in [-0.2, -0.15) is 0 Å². The summed E-state index contributed by atoms with van der Waals surface area (Å²) in [6.45, 7) is 2.31. The number of nitrogens with one attached hydrogen (secondary N) is 1. The molecule has 1 aromatic carbocycles. The molecule has 0 aliphatic carbocycles. The van der Waals surface area contributed by atoms with Gasteiger partial charge in [-0.15, -0.1) is 11.3 Å². The van der Waals surface area contributed by atoms with Gasteiger partial charge in [-0.3, -0.25) is 14.0 Å². The van der Waals surface area contributed by atoms with Gasteiger partial charge in [0.15, 0.2) is 4.96 Å². The highest BCUT2D eigenvalue weighted by Crippen LogP contribution is 2.14. The van der Waals surface area contributed by atoms with Crippen LogP contribution in [0.25, 0.3) is 4.96 Å². The number of rotatable bonds is 4. The number of thiazole rings is 1. The summed E-state index contributed by atoms with van der Waals surface area (Å²) < 4.78 is 1.60. The molecule has 2 heterocycles. The third kappa shape index (κ3) is 3.16. The van der Waals surface area contributed by atoms with Gasteiger partial charge in [0.25, 0.3) is 11.5 Å². The van der Waals surface area contributed by atoms with Crippen molar-refractivity contribution in [1.82, 2.24) is 14.3 Å². The fraction of sp³-hybridized carbons (Fsp3) is 0.235. The minimum absolute atomic E-state index is 0.0505. The molecule has 2 aromatic heterocycles. The second kappa shape index (κ2) is 6.45. The minimum Gasteiger partial charge on any atom is -0.379 e. The first kappa shape index (κ1) is 16.2. The Balaban J connectivity index is 1.80. The van der Waals surface area contributed by atoms with E-state index >= 15 is 0 Å². The minimum atomic E-state index is -0.0768. The van der Waals surface area contributed by atoms with Crippen LogP contribution >= 0.6 is 11.3 Å². The first-order valence-corrected chi connectivity index (χ1v) is 8.36. The van der Waals surface area contributed by atoms with Gasteiger partial charge < -0.3 is 10.2 Å². The van der Waals surface area contributed by atoms with E-state index in [-0.39, 0.29) is 11.5 Å². The van der Waals surface area contributed by atoms with Crippen molar-refractivity contribution in [1.29, 1.82) is 0 Å². The molecule has 0 fully saturated rings. The van der Waals surface area contributed by atoms with Crippen LogP contribution in [0.5, 0.6) is 0 Å². The lowest BCUT2D eigenvalue weighted by atomic mass is 10.2. The second-order valence-corrected chi connectivity index (χ2v) is 6.55. The number of aryl methyl sites for hydroxylation is 1. The van der Waals surface area contributed by atoms with E-state index in [1.54, 1.807) is 30.6 Å². The molecule has 3 aromatic rings. The third-order valence-corrected chi connectivity index (χ3v) is 4.56. The lowest BCUT2D eigenvalue weighted by Crippen LogP contribution is -2.21. The molecule has 0 bridgehead atoms. The molecule has 0 radical (unpaired) electrons. The van der Waals surface area contributed by atoms with Crippen LogP contribution in [0.2, 0.25) is 0 Å². The molecule has 24 heavy (non-hydrogen) atoms. The van der Waals surface area contributed by atoms with Crippen LogP contribution in [0.3, 0.4) is 0 Å². The lowest BCUT2D eigenvalue weighted by molar-refractivity contribution is 0.0827. The van der Waals surface area contributed by atoms with Gasteiger partial charge in [-0.25, -0.2) is 4.98 Å². The highest BCUT2D eigenvalue weighted by molar-refractivity contribution is 7.15. The van der Waals surface area contributed by atoms with Crippen molar-refractivity contribution >= 4 is 27.9 Å². The van der Waals surface area contributed by atoms with Crippen molar-refractivity contribution in [2.45, 2.75) is 13.5 Å². The van der Waals surface area contributed by atoms with Gasteiger partial charge in [0.2, 0.25) is 0 Å². The molecule has 6 nitrogen and oxygen atoms in total. The zero-order valence-electron chi connectivity index (χ0n) is 13.7. The summed E-state index contributed by atoms with van der Waals surface area (Å²) in [7, 11) is 3.44. The summed E-state index contributed by atoms with van der Waals surface area (Å²) in [6.07, 6.45) is 0. The highest BCUT2D eigenvalue weighted by Gasteiger charge is 2.09. The Morgan fingerprint density at radius 2 is 2.12 bits per heavy atom. The van der Waals surface area contributed by atoms with Crippen LogP contribution in [0.4, 0.5) is 5.69 Å². The van der Waals surface area contributed by atoms with E-state index in [9.17, 15) is 9.59 Å². The van der Waals surface area contributed by atoms with Crippen LogP contribution in [-0.4, -0.2) is 34.3 Å². The second-order valence-electron chi connectivity index (χ2n) is 5.71. The van der Waals surface area contributed by atoms with E-state index in [0.717, 1.165) is 11.4 Å². The monoisotopic (exact) mass is 342 g/mol. The van der Waals surface area contributed by atoms with E-state index in [0.29, 0.717) is 22.8 Å². The van der Waals surface area contributed by atoms with Gasteiger partial charge in [0, 0.05) is 42.5 Å². The Morgan fingerprint density at radius 1 is 1.33 bits per heavy atom. The first-order valence-electron chi connectivity index (χ1n) is 7.48. The van der Waals surface area contributed by atoms with E-state index in [4.69, 9.17) is 0 Å². The topological polar surface area (TPSA) is 66.7 Å². The average molecular weight is 342 g/mol. The molecule has 3 rings (SSSR count). The van der Waals surface area contributed by atoms with E-state index in [2.05, 4.69) is 10.3 Å². The number of benzene rings is 1. The molecule has 1 N–H and O–H groups in total. The zero-order valence-corrected chi connectivity index (χ0v) is 14.6. The Kier molecular flexibility index (Phi) is 4.35. The number of nitrogens with zero attached hydrogens (tertiary/aromatic N) is 3. The summed E-state index contributed by atoms with van der Waals surface area (Å²) in [5.74, 6) is -0.0505. The molecule has 0 saturated heterocycles. The standard InChI is InChI=1S/C17H18N4O2S/c1-11-10-24-17-19-14(8-15(22)21(11)17)9-18-13-6-4-5-12(7-13)16(23)20(2)3/h4-8,10,18H,9H2,1-3H3. The molecule has 0 aliphatic heterocycles. The number of anilines is 1. The molecule has 0 saturated carbocycles. The molecule has 7 heteroatoms. The zero-order chi connectivity index (χ0) is 17.3. The molecule has 0 aliphatic rings. The maximum atomic E-state index is 12.2. The van der Waals surface area contributed by atoms with E-state index < -0.39 is 0 Å². The van der Waals surface area contributed by atoms with Crippen molar-refractivity contribution in [3.05, 3.63) is 63.0 Å². The maximum Gasteiger partial charge on any atom is 0.259 e. The quantitative estimate of drug-likeness (QED) is 0.790. The predicted octanol–water partition coefficient (Wildman–Crippen LogP) is 2.38. The van der Waals surface area contributed by atoms with Crippen LogP contribution in [0, 0.1) is 6.92 Å². The SMILES string of the molecule is Cc1csc2nc(CNc3cccc(C(=O)N(C)C)c3)cc(=O)n12. The van der Waals surface area contributed by atoms with Gasteiger partial charge in [-0.1, -0.05) is 6.07 Å². The van der Waals surface area contributed by atoms with Crippen LogP contribution in [0.1, 0.15) is 21.7 Å². The number of carbonyl (C=O) groups is 1. The number of amides is 1. The van der Waals surface area contributed by atoms with Crippen LogP contribution in [-0.2, 0) is 6.54 Å². The number of fused-ring (bicyclic) bond motifs is 1. The summed E-state index contributed by atoms with van der Waals surface area (Å²) in [5, 5.41) is 5.13. The van der Waals surface area contributed by atoms with E-state index in [1.807, 2.05) is 24.4 Å². The normalized spacial score (nSPS) is 10.8. The fourth-order valence-corrected chi connectivity index (χ4v) is 3.30. The van der Waals surface area contributed by atoms with Crippen molar-refractivity contribution in [2.75, 3.05) is 19.4 Å². The Morgan fingerprint density at radius 3 is 2.88 bits per heavy atom. The summed E-state index contributed by atoms with van der Waals surface area (Å²) in [5.41, 5.74) is 2.91. The third-order valence-electron chi connectivity index (χ3n) is 3.62. The van der Waals surface area contributed by atoms with Gasteiger partial charge in [0.05, 0.1) is 12.2 Å². The molecular formula is C17H18N4O2S. The lowest BCUT2D eigenvalue weighted by Gasteiger charge is -2.12. The molecule has 124 valence electrons. The largest absolute Gasteiger partial charge is 0.379 e. The number of carbonyl (C=O) groups excluding carboxylic acids is 1. The highest BCUT2D eigenvalue weighted by atomic mass is 32.1.